The highest BCUT2D eigenvalue weighted by Crippen LogP contribution is 1.88. The SMILES string of the molecule is NC(=O)C[C@@H](N)CC=O. The second kappa shape index (κ2) is 4.03. The fraction of sp³-hybridized carbons (Fsp3) is 0.600. The van der Waals surface area contributed by atoms with Crippen LogP contribution in [-0.2, 0) is 9.59 Å². The van der Waals surface area contributed by atoms with Crippen molar-refractivity contribution in [2.45, 2.75) is 18.9 Å². The van der Waals surface area contributed by atoms with Gasteiger partial charge in [0.25, 0.3) is 0 Å². The first kappa shape index (κ1) is 8.10. The van der Waals surface area contributed by atoms with Crippen LogP contribution in [0, 0.1) is 0 Å². The third-order valence-electron chi connectivity index (χ3n) is 0.862. The lowest BCUT2D eigenvalue weighted by Crippen LogP contribution is -2.27. The summed E-state index contributed by atoms with van der Waals surface area (Å²) < 4.78 is 0. The Kier molecular flexibility index (Phi) is 3.62. The van der Waals surface area contributed by atoms with Crippen LogP contribution in [0.25, 0.3) is 0 Å². The molecule has 0 fully saturated rings. The van der Waals surface area contributed by atoms with E-state index in [0.717, 1.165) is 0 Å². The molecule has 0 saturated carbocycles. The maximum atomic E-state index is 10.1. The molecule has 4 nitrogen and oxygen atoms in total. The molecule has 0 aromatic heterocycles. The molecule has 1 atom stereocenters. The van der Waals surface area contributed by atoms with E-state index < -0.39 is 11.9 Å². The van der Waals surface area contributed by atoms with Crippen LogP contribution in [0.2, 0.25) is 0 Å². The molecule has 0 heterocycles. The Labute approximate surface area is 53.2 Å². The third kappa shape index (κ3) is 4.96. The van der Waals surface area contributed by atoms with E-state index in [-0.39, 0.29) is 12.8 Å². The van der Waals surface area contributed by atoms with Gasteiger partial charge in [-0.15, -0.1) is 0 Å². The predicted octanol–water partition coefficient (Wildman–Crippen LogP) is -1.22. The Morgan fingerprint density at radius 1 is 1.67 bits per heavy atom. The monoisotopic (exact) mass is 130 g/mol. The van der Waals surface area contributed by atoms with E-state index in [1.54, 1.807) is 0 Å². The molecule has 0 bridgehead atoms. The number of hydrogen-bond acceptors (Lipinski definition) is 3. The lowest BCUT2D eigenvalue weighted by molar-refractivity contribution is -0.118. The van der Waals surface area contributed by atoms with Crippen LogP contribution in [0.3, 0.4) is 0 Å². The van der Waals surface area contributed by atoms with Crippen molar-refractivity contribution in [3.8, 4) is 0 Å². The third-order valence-corrected chi connectivity index (χ3v) is 0.862. The number of amides is 1. The molecule has 52 valence electrons. The zero-order valence-electron chi connectivity index (χ0n) is 5.04. The lowest BCUT2D eigenvalue weighted by atomic mass is 10.2. The van der Waals surface area contributed by atoms with Gasteiger partial charge in [0.05, 0.1) is 0 Å². The van der Waals surface area contributed by atoms with Gasteiger partial charge in [-0.05, 0) is 0 Å². The summed E-state index contributed by atoms with van der Waals surface area (Å²) in [6, 6.07) is -0.403. The molecule has 0 aromatic rings. The van der Waals surface area contributed by atoms with Gasteiger partial charge >= 0.3 is 0 Å². The van der Waals surface area contributed by atoms with Gasteiger partial charge < -0.3 is 16.3 Å². The average Bonchev–Trinajstić information content (AvgIpc) is 1.63. The van der Waals surface area contributed by atoms with Crippen LogP contribution in [0.1, 0.15) is 12.8 Å². The highest BCUT2D eigenvalue weighted by Gasteiger charge is 2.03. The maximum absolute atomic E-state index is 10.1. The van der Waals surface area contributed by atoms with Crippen molar-refractivity contribution in [3.63, 3.8) is 0 Å². The summed E-state index contributed by atoms with van der Waals surface area (Å²) >= 11 is 0. The van der Waals surface area contributed by atoms with Crippen LogP contribution in [0.15, 0.2) is 0 Å². The number of carbonyl (C=O) groups is 2. The largest absolute Gasteiger partial charge is 0.370 e. The van der Waals surface area contributed by atoms with E-state index in [9.17, 15) is 9.59 Å². The number of nitrogens with two attached hydrogens (primary N) is 2. The van der Waals surface area contributed by atoms with Crippen LogP contribution in [0.5, 0.6) is 0 Å². The molecule has 0 aliphatic carbocycles. The Morgan fingerprint density at radius 3 is 2.56 bits per heavy atom. The molecular formula is C5H10N2O2. The van der Waals surface area contributed by atoms with Gasteiger partial charge in [0, 0.05) is 18.9 Å². The fourth-order valence-electron chi connectivity index (χ4n) is 0.465. The van der Waals surface area contributed by atoms with Crippen molar-refractivity contribution in [2.24, 2.45) is 11.5 Å². The van der Waals surface area contributed by atoms with Crippen molar-refractivity contribution in [3.05, 3.63) is 0 Å². The minimum absolute atomic E-state index is 0.0821. The highest BCUT2D eigenvalue weighted by atomic mass is 16.1. The van der Waals surface area contributed by atoms with Gasteiger partial charge in [-0.1, -0.05) is 0 Å². The van der Waals surface area contributed by atoms with E-state index in [1.807, 2.05) is 0 Å². The first-order valence-corrected chi connectivity index (χ1v) is 2.64. The van der Waals surface area contributed by atoms with Crippen LogP contribution < -0.4 is 11.5 Å². The molecule has 0 saturated heterocycles. The van der Waals surface area contributed by atoms with Crippen molar-refractivity contribution < 1.29 is 9.59 Å². The first-order chi connectivity index (χ1) is 4.16. The summed E-state index contributed by atoms with van der Waals surface area (Å²) in [5, 5.41) is 0. The molecule has 0 unspecified atom stereocenters. The summed E-state index contributed by atoms with van der Waals surface area (Å²) in [7, 11) is 0. The molecule has 9 heavy (non-hydrogen) atoms. The summed E-state index contributed by atoms with van der Waals surface area (Å²) in [4.78, 5) is 19.9. The standard InChI is InChI=1S/C5H10N2O2/c6-4(1-2-8)3-5(7)9/h2,4H,1,3,6H2,(H2,7,9)/t4-/m0/s1. The van der Waals surface area contributed by atoms with E-state index >= 15 is 0 Å². The van der Waals surface area contributed by atoms with Gasteiger partial charge in [-0.3, -0.25) is 4.79 Å². The molecule has 4 N–H and O–H groups in total. The van der Waals surface area contributed by atoms with E-state index in [4.69, 9.17) is 11.5 Å². The van der Waals surface area contributed by atoms with Crippen molar-refractivity contribution >= 4 is 12.2 Å². The average molecular weight is 130 g/mol. The fourth-order valence-corrected chi connectivity index (χ4v) is 0.465. The predicted molar refractivity (Wildman–Crippen MR) is 32.5 cm³/mol. The summed E-state index contributed by atoms with van der Waals surface area (Å²) in [6.45, 7) is 0. The molecule has 4 heteroatoms. The normalized spacial score (nSPS) is 12.6. The Bertz CT molecular complexity index is 114. The molecular weight excluding hydrogens is 120 g/mol. The summed E-state index contributed by atoms with van der Waals surface area (Å²) in [5.74, 6) is -0.468. The maximum Gasteiger partial charge on any atom is 0.218 e. The molecule has 0 aliphatic rings. The molecule has 0 aromatic carbocycles. The van der Waals surface area contributed by atoms with E-state index in [1.165, 1.54) is 0 Å². The Hall–Kier alpha value is -0.900. The van der Waals surface area contributed by atoms with Gasteiger partial charge in [0.2, 0.25) is 5.91 Å². The second-order valence-corrected chi connectivity index (χ2v) is 1.83. The van der Waals surface area contributed by atoms with Crippen LogP contribution in [0.4, 0.5) is 0 Å². The second-order valence-electron chi connectivity index (χ2n) is 1.83. The van der Waals surface area contributed by atoms with E-state index in [0.29, 0.717) is 6.29 Å². The van der Waals surface area contributed by atoms with Gasteiger partial charge in [-0.25, -0.2) is 0 Å². The summed E-state index contributed by atoms with van der Waals surface area (Å²) in [6.07, 6.45) is 0.954. The Morgan fingerprint density at radius 2 is 2.22 bits per heavy atom. The van der Waals surface area contributed by atoms with Crippen LogP contribution in [-0.4, -0.2) is 18.2 Å². The highest BCUT2D eigenvalue weighted by molar-refractivity contribution is 5.74. The number of carbonyl (C=O) groups excluding carboxylic acids is 2. The topological polar surface area (TPSA) is 86.2 Å². The first-order valence-electron chi connectivity index (χ1n) is 2.64. The number of primary amides is 1. The molecule has 0 aliphatic heterocycles. The van der Waals surface area contributed by atoms with Crippen molar-refractivity contribution in [1.82, 2.24) is 0 Å². The van der Waals surface area contributed by atoms with Crippen molar-refractivity contribution in [2.75, 3.05) is 0 Å². The van der Waals surface area contributed by atoms with Gasteiger partial charge in [0.1, 0.15) is 6.29 Å². The molecule has 0 rings (SSSR count). The number of hydrogen-bond donors (Lipinski definition) is 2. The summed E-state index contributed by atoms with van der Waals surface area (Å²) in [5.41, 5.74) is 10.0. The molecule has 0 spiro atoms. The minimum Gasteiger partial charge on any atom is -0.370 e. The number of rotatable bonds is 4. The van der Waals surface area contributed by atoms with Gasteiger partial charge in [-0.2, -0.15) is 0 Å². The zero-order chi connectivity index (χ0) is 7.28. The van der Waals surface area contributed by atoms with Crippen LogP contribution >= 0.6 is 0 Å². The van der Waals surface area contributed by atoms with Gasteiger partial charge in [0.15, 0.2) is 0 Å². The molecule has 0 radical (unpaired) electrons. The number of aldehydes is 1. The smallest absolute Gasteiger partial charge is 0.218 e. The lowest BCUT2D eigenvalue weighted by Gasteiger charge is -2.01. The van der Waals surface area contributed by atoms with E-state index in [2.05, 4.69) is 0 Å². The molecule has 1 amide bonds. The minimum atomic E-state index is -0.468. The van der Waals surface area contributed by atoms with Crippen molar-refractivity contribution in [1.29, 1.82) is 0 Å². The zero-order valence-corrected chi connectivity index (χ0v) is 5.04. The quantitative estimate of drug-likeness (QED) is 0.467. The Balaban J connectivity index is 3.37.